The van der Waals surface area contributed by atoms with E-state index in [1.54, 1.807) is 18.3 Å². The molecule has 0 amide bonds. The number of piperazine rings is 1. The third-order valence-corrected chi connectivity index (χ3v) is 4.45. The number of sulfonamides is 1. The molecule has 6 heteroatoms. The van der Waals surface area contributed by atoms with Crippen LogP contribution in [0.2, 0.25) is 0 Å². The smallest absolute Gasteiger partial charge is 0.244 e. The summed E-state index contributed by atoms with van der Waals surface area (Å²) < 4.78 is 25.9. The number of nitrogens with zero attached hydrogens (tertiary/aromatic N) is 2. The minimum absolute atomic E-state index is 0.195. The van der Waals surface area contributed by atoms with E-state index in [-0.39, 0.29) is 10.9 Å². The lowest BCUT2D eigenvalue weighted by molar-refractivity contribution is 0.310. The molecule has 1 aliphatic rings. The molecule has 1 saturated heterocycles. The van der Waals surface area contributed by atoms with Crippen LogP contribution in [0.15, 0.2) is 29.4 Å². The molecule has 0 radical (unpaired) electrons. The molecule has 1 aromatic heterocycles. The molecule has 1 aromatic rings. The highest BCUT2D eigenvalue weighted by Gasteiger charge is 2.28. The standard InChI is InChI=1S/C10H15N3O2S/c1-9-8-13(6-5-12-9)16(14,15)10-3-2-4-11-7-10/h2-4,7,9,12H,5-6,8H2,1H3/t9-/m0/s1. The second kappa shape index (κ2) is 4.48. The fraction of sp³-hybridized carbons (Fsp3) is 0.500. The predicted molar refractivity (Wildman–Crippen MR) is 60.5 cm³/mol. The van der Waals surface area contributed by atoms with Crippen molar-refractivity contribution >= 4 is 10.0 Å². The van der Waals surface area contributed by atoms with E-state index in [9.17, 15) is 8.42 Å². The van der Waals surface area contributed by atoms with Gasteiger partial charge in [0.15, 0.2) is 0 Å². The largest absolute Gasteiger partial charge is 0.312 e. The van der Waals surface area contributed by atoms with Gasteiger partial charge in [-0.05, 0) is 19.1 Å². The van der Waals surface area contributed by atoms with Crippen LogP contribution in [-0.2, 0) is 10.0 Å². The Balaban J connectivity index is 2.26. The number of aromatic nitrogens is 1. The summed E-state index contributed by atoms with van der Waals surface area (Å²) in [5.41, 5.74) is 0. The molecule has 0 aromatic carbocycles. The van der Waals surface area contributed by atoms with Gasteiger partial charge >= 0.3 is 0 Å². The molecule has 0 unspecified atom stereocenters. The van der Waals surface area contributed by atoms with Crippen molar-refractivity contribution in [3.8, 4) is 0 Å². The maximum atomic E-state index is 12.2. The average molecular weight is 241 g/mol. The maximum absolute atomic E-state index is 12.2. The molecule has 1 atom stereocenters. The monoisotopic (exact) mass is 241 g/mol. The van der Waals surface area contributed by atoms with Crippen LogP contribution in [-0.4, -0.2) is 43.4 Å². The summed E-state index contributed by atoms with van der Waals surface area (Å²) >= 11 is 0. The van der Waals surface area contributed by atoms with Crippen molar-refractivity contribution in [3.63, 3.8) is 0 Å². The Kier molecular flexibility index (Phi) is 3.22. The Bertz CT molecular complexity index is 446. The second-order valence-electron chi connectivity index (χ2n) is 3.91. The Morgan fingerprint density at radius 2 is 2.38 bits per heavy atom. The van der Waals surface area contributed by atoms with Gasteiger partial charge < -0.3 is 5.32 Å². The summed E-state index contributed by atoms with van der Waals surface area (Å²) in [6.45, 7) is 3.70. The van der Waals surface area contributed by atoms with E-state index in [1.165, 1.54) is 10.5 Å². The Hall–Kier alpha value is -0.980. The minimum atomic E-state index is -3.36. The lowest BCUT2D eigenvalue weighted by Gasteiger charge is -2.30. The van der Waals surface area contributed by atoms with E-state index in [4.69, 9.17) is 0 Å². The van der Waals surface area contributed by atoms with E-state index in [1.807, 2.05) is 6.92 Å². The van der Waals surface area contributed by atoms with Crippen LogP contribution in [0, 0.1) is 0 Å². The van der Waals surface area contributed by atoms with Crippen LogP contribution < -0.4 is 5.32 Å². The molecule has 0 aliphatic carbocycles. The molecular weight excluding hydrogens is 226 g/mol. The number of hydrogen-bond donors (Lipinski definition) is 1. The molecule has 2 rings (SSSR count). The zero-order valence-electron chi connectivity index (χ0n) is 9.13. The van der Waals surface area contributed by atoms with Gasteiger partial charge in [-0.1, -0.05) is 0 Å². The van der Waals surface area contributed by atoms with Crippen molar-refractivity contribution in [2.45, 2.75) is 17.9 Å². The van der Waals surface area contributed by atoms with Crippen LogP contribution in [0.25, 0.3) is 0 Å². The highest BCUT2D eigenvalue weighted by Crippen LogP contribution is 2.15. The molecule has 16 heavy (non-hydrogen) atoms. The summed E-state index contributed by atoms with van der Waals surface area (Å²) in [5, 5.41) is 3.21. The fourth-order valence-electron chi connectivity index (χ4n) is 1.76. The minimum Gasteiger partial charge on any atom is -0.312 e. The quantitative estimate of drug-likeness (QED) is 0.795. The average Bonchev–Trinajstić information content (AvgIpc) is 2.30. The Morgan fingerprint density at radius 3 is 3.00 bits per heavy atom. The van der Waals surface area contributed by atoms with Gasteiger partial charge in [-0.2, -0.15) is 4.31 Å². The van der Waals surface area contributed by atoms with Gasteiger partial charge in [0.05, 0.1) is 0 Å². The highest BCUT2D eigenvalue weighted by atomic mass is 32.2. The second-order valence-corrected chi connectivity index (χ2v) is 5.84. The first-order valence-corrected chi connectivity index (χ1v) is 6.68. The maximum Gasteiger partial charge on any atom is 0.244 e. The first kappa shape index (κ1) is 11.5. The molecule has 88 valence electrons. The number of hydrogen-bond acceptors (Lipinski definition) is 4. The van der Waals surface area contributed by atoms with Crippen molar-refractivity contribution in [2.75, 3.05) is 19.6 Å². The van der Waals surface area contributed by atoms with Gasteiger partial charge in [-0.15, -0.1) is 0 Å². The van der Waals surface area contributed by atoms with Crippen molar-refractivity contribution in [3.05, 3.63) is 24.5 Å². The van der Waals surface area contributed by atoms with E-state index >= 15 is 0 Å². The molecule has 0 spiro atoms. The van der Waals surface area contributed by atoms with Crippen molar-refractivity contribution in [1.29, 1.82) is 0 Å². The van der Waals surface area contributed by atoms with Gasteiger partial charge in [0.1, 0.15) is 4.90 Å². The van der Waals surface area contributed by atoms with Crippen LogP contribution >= 0.6 is 0 Å². The van der Waals surface area contributed by atoms with Gasteiger partial charge in [0, 0.05) is 38.1 Å². The first-order chi connectivity index (χ1) is 7.60. The van der Waals surface area contributed by atoms with Crippen LogP contribution in [0.1, 0.15) is 6.92 Å². The topological polar surface area (TPSA) is 62.3 Å². The Labute approximate surface area is 95.5 Å². The molecule has 1 N–H and O–H groups in total. The van der Waals surface area contributed by atoms with Gasteiger partial charge in [-0.25, -0.2) is 8.42 Å². The third kappa shape index (κ3) is 2.23. The first-order valence-electron chi connectivity index (χ1n) is 5.24. The number of rotatable bonds is 2. The van der Waals surface area contributed by atoms with Gasteiger partial charge in [0.25, 0.3) is 0 Å². The van der Waals surface area contributed by atoms with Crippen LogP contribution in [0.5, 0.6) is 0 Å². The predicted octanol–water partition coefficient (Wildman–Crippen LogP) is 0.0640. The van der Waals surface area contributed by atoms with E-state index < -0.39 is 10.0 Å². The summed E-state index contributed by atoms with van der Waals surface area (Å²) in [4.78, 5) is 4.11. The van der Waals surface area contributed by atoms with Gasteiger partial charge in [-0.3, -0.25) is 4.98 Å². The zero-order chi connectivity index (χ0) is 11.6. The molecule has 0 saturated carbocycles. The van der Waals surface area contributed by atoms with Crippen molar-refractivity contribution in [2.24, 2.45) is 0 Å². The van der Waals surface area contributed by atoms with E-state index in [0.717, 1.165) is 0 Å². The lowest BCUT2D eigenvalue weighted by Crippen LogP contribution is -2.51. The van der Waals surface area contributed by atoms with E-state index in [0.29, 0.717) is 19.6 Å². The zero-order valence-corrected chi connectivity index (χ0v) is 9.94. The normalized spacial score (nSPS) is 23.2. The highest BCUT2D eigenvalue weighted by molar-refractivity contribution is 7.89. The summed E-state index contributed by atoms with van der Waals surface area (Å²) in [7, 11) is -3.36. The molecule has 0 bridgehead atoms. The summed E-state index contributed by atoms with van der Waals surface area (Å²) in [6, 6.07) is 3.41. The number of pyridine rings is 1. The van der Waals surface area contributed by atoms with Gasteiger partial charge in [0.2, 0.25) is 10.0 Å². The molecule has 1 aliphatic heterocycles. The summed E-state index contributed by atoms with van der Waals surface area (Å²) in [6.07, 6.45) is 2.96. The molecule has 1 fully saturated rings. The Morgan fingerprint density at radius 1 is 1.56 bits per heavy atom. The summed E-state index contributed by atoms with van der Waals surface area (Å²) in [5.74, 6) is 0. The SMILES string of the molecule is C[C@H]1CN(S(=O)(=O)c2cccnc2)CCN1. The van der Waals surface area contributed by atoms with E-state index in [2.05, 4.69) is 10.3 Å². The molecule has 5 nitrogen and oxygen atoms in total. The van der Waals surface area contributed by atoms with Crippen LogP contribution in [0.3, 0.4) is 0 Å². The molecular formula is C10H15N3O2S. The van der Waals surface area contributed by atoms with Crippen molar-refractivity contribution in [1.82, 2.24) is 14.6 Å². The fourth-order valence-corrected chi connectivity index (χ4v) is 3.26. The lowest BCUT2D eigenvalue weighted by atomic mass is 10.3. The van der Waals surface area contributed by atoms with Crippen molar-refractivity contribution < 1.29 is 8.42 Å². The number of nitrogens with one attached hydrogen (secondary N) is 1. The molecule has 2 heterocycles. The van der Waals surface area contributed by atoms with Crippen LogP contribution in [0.4, 0.5) is 0 Å². The third-order valence-electron chi connectivity index (χ3n) is 2.60.